The molecule has 1 spiro atoms. The molecule has 1 aliphatic carbocycles. The zero-order valence-electron chi connectivity index (χ0n) is 12.9. The third kappa shape index (κ3) is 2.04. The van der Waals surface area contributed by atoms with Crippen molar-refractivity contribution in [3.8, 4) is 0 Å². The summed E-state index contributed by atoms with van der Waals surface area (Å²) in [5, 5.41) is 2.85. The van der Waals surface area contributed by atoms with Crippen molar-refractivity contribution in [2.75, 3.05) is 19.6 Å². The standard InChI is InChI=1S/C17H19N3O3/c21-14(19-9-3-4-10-19)11-20-15(22)17(18-16(20)23)8-7-12-5-1-2-6-13(12)17/h1-2,5-6H,3-4,7-11H2,(H,18,23). The average Bonchev–Trinajstić information content (AvgIpc) is 3.25. The van der Waals surface area contributed by atoms with Gasteiger partial charge in [0.05, 0.1) is 0 Å². The Bertz CT molecular complexity index is 696. The monoisotopic (exact) mass is 313 g/mol. The van der Waals surface area contributed by atoms with E-state index in [0.717, 1.165) is 48.4 Å². The zero-order valence-corrected chi connectivity index (χ0v) is 12.9. The molecule has 120 valence electrons. The van der Waals surface area contributed by atoms with Crippen LogP contribution in [0.15, 0.2) is 24.3 Å². The van der Waals surface area contributed by atoms with Crippen LogP contribution in [-0.4, -0.2) is 47.3 Å². The lowest BCUT2D eigenvalue weighted by Crippen LogP contribution is -2.44. The molecule has 4 amide bonds. The van der Waals surface area contributed by atoms with E-state index in [-0.39, 0.29) is 18.4 Å². The van der Waals surface area contributed by atoms with Gasteiger partial charge in [-0.05, 0) is 36.8 Å². The number of amides is 4. The van der Waals surface area contributed by atoms with Crippen LogP contribution in [0.4, 0.5) is 4.79 Å². The van der Waals surface area contributed by atoms with Crippen molar-refractivity contribution in [2.45, 2.75) is 31.2 Å². The van der Waals surface area contributed by atoms with Crippen LogP contribution in [-0.2, 0) is 21.5 Å². The third-order valence-corrected chi connectivity index (χ3v) is 5.17. The highest BCUT2D eigenvalue weighted by Gasteiger charge is 2.55. The molecule has 1 N–H and O–H groups in total. The molecule has 1 unspecified atom stereocenters. The summed E-state index contributed by atoms with van der Waals surface area (Å²) in [6, 6.07) is 7.24. The minimum absolute atomic E-state index is 0.144. The van der Waals surface area contributed by atoms with E-state index in [0.29, 0.717) is 6.42 Å². The van der Waals surface area contributed by atoms with Gasteiger partial charge in [0.25, 0.3) is 5.91 Å². The molecule has 0 aromatic heterocycles. The number of likely N-dealkylation sites (tertiary alicyclic amines) is 1. The van der Waals surface area contributed by atoms with Gasteiger partial charge in [0, 0.05) is 13.1 Å². The van der Waals surface area contributed by atoms with Gasteiger partial charge in [-0.1, -0.05) is 24.3 Å². The quantitative estimate of drug-likeness (QED) is 0.828. The van der Waals surface area contributed by atoms with Crippen LogP contribution < -0.4 is 5.32 Å². The number of carbonyl (C=O) groups excluding carboxylic acids is 3. The number of hydrogen-bond acceptors (Lipinski definition) is 3. The first-order chi connectivity index (χ1) is 11.1. The van der Waals surface area contributed by atoms with Crippen LogP contribution in [0, 0.1) is 0 Å². The molecule has 0 saturated carbocycles. The van der Waals surface area contributed by atoms with Gasteiger partial charge in [-0.25, -0.2) is 4.79 Å². The Balaban J connectivity index is 1.59. The number of nitrogens with one attached hydrogen (secondary N) is 1. The molecule has 6 heteroatoms. The maximum absolute atomic E-state index is 12.9. The van der Waals surface area contributed by atoms with Crippen LogP contribution in [0.3, 0.4) is 0 Å². The fraction of sp³-hybridized carbons (Fsp3) is 0.471. The number of hydrogen-bond donors (Lipinski definition) is 1. The van der Waals surface area contributed by atoms with Gasteiger partial charge < -0.3 is 10.2 Å². The van der Waals surface area contributed by atoms with E-state index in [1.165, 1.54) is 0 Å². The lowest BCUT2D eigenvalue weighted by atomic mass is 9.92. The highest BCUT2D eigenvalue weighted by molar-refractivity contribution is 6.09. The first-order valence-corrected chi connectivity index (χ1v) is 8.12. The van der Waals surface area contributed by atoms with Crippen LogP contribution in [0.2, 0.25) is 0 Å². The maximum Gasteiger partial charge on any atom is 0.325 e. The molecule has 0 bridgehead atoms. The fourth-order valence-corrected chi connectivity index (χ4v) is 3.93. The van der Waals surface area contributed by atoms with Gasteiger partial charge >= 0.3 is 6.03 Å². The second kappa shape index (κ2) is 5.08. The van der Waals surface area contributed by atoms with E-state index < -0.39 is 11.6 Å². The molecular formula is C17H19N3O3. The summed E-state index contributed by atoms with van der Waals surface area (Å²) in [6.45, 7) is 1.28. The van der Waals surface area contributed by atoms with E-state index in [1.807, 2.05) is 24.3 Å². The number of imide groups is 1. The molecule has 0 radical (unpaired) electrons. The SMILES string of the molecule is O=C(CN1C(=O)NC2(CCc3ccccc32)C1=O)N1CCCC1. The van der Waals surface area contributed by atoms with Crippen molar-refractivity contribution in [1.82, 2.24) is 15.1 Å². The largest absolute Gasteiger partial charge is 0.341 e. The molecule has 23 heavy (non-hydrogen) atoms. The summed E-state index contributed by atoms with van der Waals surface area (Å²) < 4.78 is 0. The Morgan fingerprint density at radius 2 is 1.91 bits per heavy atom. The predicted molar refractivity (Wildman–Crippen MR) is 82.5 cm³/mol. The lowest BCUT2D eigenvalue weighted by molar-refractivity contribution is -0.138. The Kier molecular flexibility index (Phi) is 3.14. The van der Waals surface area contributed by atoms with Crippen molar-refractivity contribution < 1.29 is 14.4 Å². The molecule has 2 saturated heterocycles. The van der Waals surface area contributed by atoms with Crippen LogP contribution in [0.1, 0.15) is 30.4 Å². The third-order valence-electron chi connectivity index (χ3n) is 5.17. The molecule has 2 heterocycles. The second-order valence-corrected chi connectivity index (χ2v) is 6.47. The normalized spacial score (nSPS) is 26.1. The van der Waals surface area contributed by atoms with Gasteiger partial charge in [-0.2, -0.15) is 0 Å². The van der Waals surface area contributed by atoms with E-state index in [2.05, 4.69) is 5.32 Å². The van der Waals surface area contributed by atoms with Gasteiger partial charge in [0.15, 0.2) is 0 Å². The van der Waals surface area contributed by atoms with Crippen molar-refractivity contribution in [3.63, 3.8) is 0 Å². The number of benzene rings is 1. The van der Waals surface area contributed by atoms with Gasteiger partial charge in [-0.3, -0.25) is 14.5 Å². The first kappa shape index (κ1) is 14.2. The number of nitrogens with zero attached hydrogens (tertiary/aromatic N) is 2. The van der Waals surface area contributed by atoms with E-state index in [1.54, 1.807) is 4.90 Å². The number of aryl methyl sites for hydroxylation is 1. The van der Waals surface area contributed by atoms with Gasteiger partial charge in [0.2, 0.25) is 5.91 Å². The van der Waals surface area contributed by atoms with Crippen LogP contribution >= 0.6 is 0 Å². The minimum atomic E-state index is -0.973. The van der Waals surface area contributed by atoms with Gasteiger partial charge in [-0.15, -0.1) is 0 Å². The summed E-state index contributed by atoms with van der Waals surface area (Å²) >= 11 is 0. The highest BCUT2D eigenvalue weighted by atomic mass is 16.2. The molecule has 6 nitrogen and oxygen atoms in total. The molecule has 1 aromatic rings. The van der Waals surface area contributed by atoms with Crippen molar-refractivity contribution >= 4 is 17.8 Å². The topological polar surface area (TPSA) is 69.7 Å². The summed E-state index contributed by atoms with van der Waals surface area (Å²) in [4.78, 5) is 40.4. The maximum atomic E-state index is 12.9. The second-order valence-electron chi connectivity index (χ2n) is 6.47. The Labute approximate surface area is 134 Å². The Hall–Kier alpha value is -2.37. The molecule has 4 rings (SSSR count). The highest BCUT2D eigenvalue weighted by Crippen LogP contribution is 2.41. The number of fused-ring (bicyclic) bond motifs is 2. The predicted octanol–water partition coefficient (Wildman–Crippen LogP) is 1.00. The molecule has 3 aliphatic rings. The van der Waals surface area contributed by atoms with Crippen LogP contribution in [0.25, 0.3) is 0 Å². The number of rotatable bonds is 2. The summed E-state index contributed by atoms with van der Waals surface area (Å²) in [5.41, 5.74) is 0.988. The smallest absolute Gasteiger partial charge is 0.325 e. The molecule has 2 aliphatic heterocycles. The average molecular weight is 313 g/mol. The number of carbonyl (C=O) groups is 3. The summed E-state index contributed by atoms with van der Waals surface area (Å²) in [6.07, 6.45) is 3.30. The van der Waals surface area contributed by atoms with E-state index in [4.69, 9.17) is 0 Å². The van der Waals surface area contributed by atoms with Crippen molar-refractivity contribution in [2.24, 2.45) is 0 Å². The first-order valence-electron chi connectivity index (χ1n) is 8.12. The van der Waals surface area contributed by atoms with Crippen molar-refractivity contribution in [1.29, 1.82) is 0 Å². The Morgan fingerprint density at radius 3 is 2.70 bits per heavy atom. The number of urea groups is 1. The lowest BCUT2D eigenvalue weighted by Gasteiger charge is -2.23. The summed E-state index contributed by atoms with van der Waals surface area (Å²) in [7, 11) is 0. The molecule has 2 fully saturated rings. The Morgan fingerprint density at radius 1 is 1.17 bits per heavy atom. The summed E-state index contributed by atoms with van der Waals surface area (Å²) in [5.74, 6) is -0.436. The van der Waals surface area contributed by atoms with E-state index >= 15 is 0 Å². The minimum Gasteiger partial charge on any atom is -0.341 e. The zero-order chi connectivity index (χ0) is 16.0. The molecular weight excluding hydrogens is 294 g/mol. The van der Waals surface area contributed by atoms with Crippen LogP contribution in [0.5, 0.6) is 0 Å². The molecule has 1 aromatic carbocycles. The fourth-order valence-electron chi connectivity index (χ4n) is 3.93. The van der Waals surface area contributed by atoms with E-state index in [9.17, 15) is 14.4 Å². The van der Waals surface area contributed by atoms with Gasteiger partial charge in [0.1, 0.15) is 12.1 Å². The molecule has 1 atom stereocenters. The van der Waals surface area contributed by atoms with Crippen molar-refractivity contribution in [3.05, 3.63) is 35.4 Å².